The van der Waals surface area contributed by atoms with Crippen molar-refractivity contribution in [1.82, 2.24) is 5.32 Å². The third-order valence-corrected chi connectivity index (χ3v) is 3.50. The SMILES string of the molecule is CCOC(=O)CC(C)NC(=O)c1cc(I)ccc1NC(C)C. The van der Waals surface area contributed by atoms with Crippen molar-refractivity contribution in [3.05, 3.63) is 27.3 Å². The topological polar surface area (TPSA) is 67.4 Å². The first-order chi connectivity index (χ1) is 10.3. The van der Waals surface area contributed by atoms with Gasteiger partial charge in [-0.05, 0) is 68.5 Å². The molecule has 122 valence electrons. The fourth-order valence-electron chi connectivity index (χ4n) is 1.96. The lowest BCUT2D eigenvalue weighted by Crippen LogP contribution is -2.35. The molecule has 0 heterocycles. The molecule has 0 saturated heterocycles. The number of amides is 1. The molecule has 2 N–H and O–H groups in total. The van der Waals surface area contributed by atoms with Crippen molar-refractivity contribution in [1.29, 1.82) is 0 Å². The fourth-order valence-corrected chi connectivity index (χ4v) is 2.45. The summed E-state index contributed by atoms with van der Waals surface area (Å²) >= 11 is 2.17. The van der Waals surface area contributed by atoms with Crippen LogP contribution in [-0.2, 0) is 9.53 Å². The predicted molar refractivity (Wildman–Crippen MR) is 96.1 cm³/mol. The second kappa shape index (κ2) is 8.97. The lowest BCUT2D eigenvalue weighted by Gasteiger charge is -2.17. The molecule has 0 aliphatic rings. The smallest absolute Gasteiger partial charge is 0.307 e. The second-order valence-corrected chi connectivity index (χ2v) is 6.62. The Bertz CT molecular complexity index is 532. The van der Waals surface area contributed by atoms with E-state index in [-0.39, 0.29) is 30.4 Å². The van der Waals surface area contributed by atoms with Crippen LogP contribution in [-0.4, -0.2) is 30.6 Å². The zero-order valence-electron chi connectivity index (χ0n) is 13.4. The average molecular weight is 418 g/mol. The summed E-state index contributed by atoms with van der Waals surface area (Å²) in [6.07, 6.45) is 0.163. The van der Waals surface area contributed by atoms with E-state index in [9.17, 15) is 9.59 Å². The fraction of sp³-hybridized carbons (Fsp3) is 0.500. The van der Waals surface area contributed by atoms with E-state index < -0.39 is 0 Å². The van der Waals surface area contributed by atoms with Crippen molar-refractivity contribution in [3.63, 3.8) is 0 Å². The lowest BCUT2D eigenvalue weighted by atomic mass is 10.1. The van der Waals surface area contributed by atoms with Crippen LogP contribution in [0.3, 0.4) is 0 Å². The zero-order valence-corrected chi connectivity index (χ0v) is 15.6. The van der Waals surface area contributed by atoms with E-state index in [1.165, 1.54) is 0 Å². The first kappa shape index (κ1) is 18.7. The summed E-state index contributed by atoms with van der Waals surface area (Å²) in [5, 5.41) is 6.10. The number of nitrogens with one attached hydrogen (secondary N) is 2. The Kier molecular flexibility index (Phi) is 7.64. The summed E-state index contributed by atoms with van der Waals surface area (Å²) in [5.41, 5.74) is 1.37. The Morgan fingerprint density at radius 1 is 1.27 bits per heavy atom. The number of rotatable bonds is 7. The maximum absolute atomic E-state index is 12.4. The number of esters is 1. The summed E-state index contributed by atoms with van der Waals surface area (Å²) in [5.74, 6) is -0.503. The van der Waals surface area contributed by atoms with Crippen LogP contribution in [0, 0.1) is 3.57 Å². The van der Waals surface area contributed by atoms with E-state index in [4.69, 9.17) is 4.74 Å². The van der Waals surface area contributed by atoms with Crippen molar-refractivity contribution in [3.8, 4) is 0 Å². The molecule has 0 radical (unpaired) electrons. The van der Waals surface area contributed by atoms with Crippen LogP contribution in [0.5, 0.6) is 0 Å². The minimum atomic E-state index is -0.307. The molecule has 1 unspecified atom stereocenters. The third kappa shape index (κ3) is 6.21. The molecule has 0 aromatic heterocycles. The molecule has 0 bridgehead atoms. The second-order valence-electron chi connectivity index (χ2n) is 5.37. The van der Waals surface area contributed by atoms with E-state index in [0.717, 1.165) is 9.26 Å². The first-order valence-electron chi connectivity index (χ1n) is 7.36. The number of halogens is 1. The van der Waals surface area contributed by atoms with Crippen molar-refractivity contribution in [2.45, 2.75) is 46.2 Å². The standard InChI is InChI=1S/C16H23IN2O3/c1-5-22-15(20)8-11(4)19-16(21)13-9-12(17)6-7-14(13)18-10(2)3/h6-7,9-11,18H,5,8H2,1-4H3,(H,19,21). The molecule has 0 saturated carbocycles. The van der Waals surface area contributed by atoms with Crippen LogP contribution in [0.4, 0.5) is 5.69 Å². The molecule has 0 aliphatic heterocycles. The van der Waals surface area contributed by atoms with Gasteiger partial charge in [-0.15, -0.1) is 0 Å². The summed E-state index contributed by atoms with van der Waals surface area (Å²) in [6.45, 7) is 7.93. The van der Waals surface area contributed by atoms with Crippen molar-refractivity contribution >= 4 is 40.2 Å². The molecular weight excluding hydrogens is 395 g/mol. The van der Waals surface area contributed by atoms with Gasteiger partial charge in [0.2, 0.25) is 0 Å². The van der Waals surface area contributed by atoms with Gasteiger partial charge in [-0.1, -0.05) is 0 Å². The van der Waals surface area contributed by atoms with Gasteiger partial charge in [-0.2, -0.15) is 0 Å². The van der Waals surface area contributed by atoms with Crippen LogP contribution in [0.1, 0.15) is 44.5 Å². The van der Waals surface area contributed by atoms with Crippen molar-refractivity contribution < 1.29 is 14.3 Å². The molecule has 22 heavy (non-hydrogen) atoms. The highest BCUT2D eigenvalue weighted by Crippen LogP contribution is 2.20. The summed E-state index contributed by atoms with van der Waals surface area (Å²) in [6, 6.07) is 5.62. The molecule has 6 heteroatoms. The van der Waals surface area contributed by atoms with Crippen molar-refractivity contribution in [2.75, 3.05) is 11.9 Å². The van der Waals surface area contributed by atoms with E-state index in [0.29, 0.717) is 12.2 Å². The Morgan fingerprint density at radius 2 is 1.95 bits per heavy atom. The van der Waals surface area contributed by atoms with Gasteiger partial charge in [0.25, 0.3) is 5.91 Å². The monoisotopic (exact) mass is 418 g/mol. The molecular formula is C16H23IN2O3. The number of ether oxygens (including phenoxy) is 1. The average Bonchev–Trinajstić information content (AvgIpc) is 2.40. The molecule has 1 aromatic carbocycles. The van der Waals surface area contributed by atoms with Gasteiger partial charge < -0.3 is 15.4 Å². The minimum absolute atomic E-state index is 0.163. The highest BCUT2D eigenvalue weighted by atomic mass is 127. The van der Waals surface area contributed by atoms with Crippen LogP contribution in [0.15, 0.2) is 18.2 Å². The number of hydrogen-bond donors (Lipinski definition) is 2. The van der Waals surface area contributed by atoms with E-state index >= 15 is 0 Å². The van der Waals surface area contributed by atoms with Crippen LogP contribution in [0.2, 0.25) is 0 Å². The molecule has 0 spiro atoms. The number of benzene rings is 1. The van der Waals surface area contributed by atoms with Crippen LogP contribution in [0.25, 0.3) is 0 Å². The van der Waals surface area contributed by atoms with Crippen LogP contribution >= 0.6 is 22.6 Å². The Morgan fingerprint density at radius 3 is 2.55 bits per heavy atom. The highest BCUT2D eigenvalue weighted by molar-refractivity contribution is 14.1. The normalized spacial score (nSPS) is 11.9. The Labute approximate surface area is 145 Å². The molecule has 1 rings (SSSR count). The maximum atomic E-state index is 12.4. The lowest BCUT2D eigenvalue weighted by molar-refractivity contribution is -0.143. The van der Waals surface area contributed by atoms with E-state index in [2.05, 4.69) is 33.2 Å². The third-order valence-electron chi connectivity index (χ3n) is 2.83. The summed E-state index contributed by atoms with van der Waals surface area (Å²) in [4.78, 5) is 23.9. The van der Waals surface area contributed by atoms with Gasteiger partial charge in [0.15, 0.2) is 0 Å². The number of anilines is 1. The molecule has 1 aromatic rings. The van der Waals surface area contributed by atoms with Gasteiger partial charge >= 0.3 is 5.97 Å². The van der Waals surface area contributed by atoms with E-state index in [1.807, 2.05) is 32.0 Å². The Balaban J connectivity index is 2.79. The first-order valence-corrected chi connectivity index (χ1v) is 8.44. The molecule has 5 nitrogen and oxygen atoms in total. The highest BCUT2D eigenvalue weighted by Gasteiger charge is 2.17. The van der Waals surface area contributed by atoms with Gasteiger partial charge in [0, 0.05) is 21.3 Å². The minimum Gasteiger partial charge on any atom is -0.466 e. The molecule has 0 fully saturated rings. The molecule has 1 atom stereocenters. The van der Waals surface area contributed by atoms with Crippen molar-refractivity contribution in [2.24, 2.45) is 0 Å². The van der Waals surface area contributed by atoms with Gasteiger partial charge in [-0.25, -0.2) is 0 Å². The maximum Gasteiger partial charge on any atom is 0.307 e. The summed E-state index contributed by atoms with van der Waals surface area (Å²) < 4.78 is 5.87. The zero-order chi connectivity index (χ0) is 16.7. The van der Waals surface area contributed by atoms with Crippen LogP contribution < -0.4 is 10.6 Å². The number of carbonyl (C=O) groups is 2. The van der Waals surface area contributed by atoms with Gasteiger partial charge in [0.05, 0.1) is 18.6 Å². The summed E-state index contributed by atoms with van der Waals surface area (Å²) in [7, 11) is 0. The number of hydrogen-bond acceptors (Lipinski definition) is 4. The quantitative estimate of drug-likeness (QED) is 0.528. The molecule has 1 amide bonds. The predicted octanol–water partition coefficient (Wildman–Crippen LogP) is 3.18. The molecule has 0 aliphatic carbocycles. The van der Waals surface area contributed by atoms with Gasteiger partial charge in [-0.3, -0.25) is 9.59 Å². The van der Waals surface area contributed by atoms with Gasteiger partial charge in [0.1, 0.15) is 0 Å². The Hall–Kier alpha value is -1.31. The van der Waals surface area contributed by atoms with E-state index in [1.54, 1.807) is 13.8 Å². The number of carbonyl (C=O) groups excluding carboxylic acids is 2. The largest absolute Gasteiger partial charge is 0.466 e.